The molecule has 5 nitrogen and oxygen atoms in total. The van der Waals surface area contributed by atoms with E-state index in [-0.39, 0.29) is 34.7 Å². The molecule has 2 unspecified atom stereocenters. The Morgan fingerprint density at radius 1 is 0.967 bits per heavy atom. The van der Waals surface area contributed by atoms with Crippen LogP contribution in [0.4, 0.5) is 5.69 Å². The van der Waals surface area contributed by atoms with Gasteiger partial charge in [-0.3, -0.25) is 9.59 Å². The molecule has 0 aliphatic heterocycles. The molecule has 2 atom stereocenters. The first kappa shape index (κ1) is 24.4. The number of benzene rings is 1. The summed E-state index contributed by atoms with van der Waals surface area (Å²) in [5, 5.41) is 2.96. The first-order valence-electron chi connectivity index (χ1n) is 11.3. The Hall–Kier alpha value is -1.88. The molecule has 3 N–H and O–H groups in total. The molecule has 0 radical (unpaired) electrons. The van der Waals surface area contributed by atoms with E-state index < -0.39 is 0 Å². The lowest BCUT2D eigenvalue weighted by Gasteiger charge is -2.39. The fourth-order valence-corrected chi connectivity index (χ4v) is 4.05. The molecule has 1 aromatic rings. The van der Waals surface area contributed by atoms with Gasteiger partial charge in [0, 0.05) is 37.2 Å². The SMILES string of the molecule is CC(C)(C)CC(=O)Nc1ccc(CN(C(=O)CC(C)(C)C)C2CCCCC2N)cc1. The number of nitrogens with one attached hydrogen (secondary N) is 1. The number of carbonyl (C=O) groups is 2. The van der Waals surface area contributed by atoms with E-state index in [1.807, 2.05) is 29.2 Å². The minimum absolute atomic E-state index is 0.0189. The summed E-state index contributed by atoms with van der Waals surface area (Å²) in [6, 6.07) is 7.97. The average Bonchev–Trinajstić information content (AvgIpc) is 2.58. The first-order chi connectivity index (χ1) is 13.8. The Balaban J connectivity index is 2.11. The van der Waals surface area contributed by atoms with Crippen molar-refractivity contribution in [1.82, 2.24) is 4.90 Å². The van der Waals surface area contributed by atoms with Gasteiger partial charge in [0.05, 0.1) is 0 Å². The molecular formula is C25H41N3O2. The number of carbonyl (C=O) groups excluding carboxylic acids is 2. The maximum Gasteiger partial charge on any atom is 0.224 e. The third kappa shape index (κ3) is 8.10. The Bertz CT molecular complexity index is 713. The molecule has 30 heavy (non-hydrogen) atoms. The summed E-state index contributed by atoms with van der Waals surface area (Å²) in [7, 11) is 0. The second kappa shape index (κ2) is 9.95. The predicted molar refractivity (Wildman–Crippen MR) is 124 cm³/mol. The number of anilines is 1. The van der Waals surface area contributed by atoms with Crippen LogP contribution < -0.4 is 11.1 Å². The summed E-state index contributed by atoms with van der Waals surface area (Å²) in [5.74, 6) is 0.192. The maximum absolute atomic E-state index is 13.2. The zero-order valence-corrected chi connectivity index (χ0v) is 19.8. The van der Waals surface area contributed by atoms with E-state index in [1.54, 1.807) is 0 Å². The number of nitrogens with two attached hydrogens (primary N) is 1. The van der Waals surface area contributed by atoms with E-state index in [4.69, 9.17) is 5.73 Å². The summed E-state index contributed by atoms with van der Waals surface area (Å²) >= 11 is 0. The summed E-state index contributed by atoms with van der Waals surface area (Å²) in [6.07, 6.45) is 5.19. The molecule has 5 heteroatoms. The van der Waals surface area contributed by atoms with Crippen molar-refractivity contribution in [2.75, 3.05) is 5.32 Å². The monoisotopic (exact) mass is 415 g/mol. The van der Waals surface area contributed by atoms with Crippen molar-refractivity contribution < 1.29 is 9.59 Å². The van der Waals surface area contributed by atoms with Crippen molar-refractivity contribution in [3.63, 3.8) is 0 Å². The molecule has 1 saturated carbocycles. The topological polar surface area (TPSA) is 75.4 Å². The van der Waals surface area contributed by atoms with Crippen LogP contribution in [0.15, 0.2) is 24.3 Å². The summed E-state index contributed by atoms with van der Waals surface area (Å²) in [6.45, 7) is 13.0. The van der Waals surface area contributed by atoms with Crippen LogP contribution in [0.25, 0.3) is 0 Å². The number of amides is 2. The van der Waals surface area contributed by atoms with Crippen molar-refractivity contribution in [2.24, 2.45) is 16.6 Å². The van der Waals surface area contributed by atoms with Crippen LogP contribution >= 0.6 is 0 Å². The van der Waals surface area contributed by atoms with Gasteiger partial charge in [0.15, 0.2) is 0 Å². The summed E-state index contributed by atoms with van der Waals surface area (Å²) < 4.78 is 0. The van der Waals surface area contributed by atoms with Crippen molar-refractivity contribution in [1.29, 1.82) is 0 Å². The van der Waals surface area contributed by atoms with Gasteiger partial charge in [-0.1, -0.05) is 66.5 Å². The standard InChI is InChI=1S/C25H41N3O2/c1-24(2,3)15-22(29)27-19-13-11-18(12-14-19)17-28(23(30)16-25(4,5)6)21-10-8-7-9-20(21)26/h11-14,20-21H,7-10,15-17,26H2,1-6H3,(H,27,29). The van der Waals surface area contributed by atoms with Crippen LogP contribution in [0.3, 0.4) is 0 Å². The molecule has 1 fully saturated rings. The minimum Gasteiger partial charge on any atom is -0.334 e. The summed E-state index contributed by atoms with van der Waals surface area (Å²) in [4.78, 5) is 27.3. The number of hydrogen-bond donors (Lipinski definition) is 2. The number of nitrogens with zero attached hydrogens (tertiary/aromatic N) is 1. The molecule has 1 aromatic carbocycles. The number of hydrogen-bond acceptors (Lipinski definition) is 3. The van der Waals surface area contributed by atoms with Gasteiger partial charge in [0.25, 0.3) is 0 Å². The fourth-order valence-electron chi connectivity index (χ4n) is 4.05. The lowest BCUT2D eigenvalue weighted by atomic mass is 9.87. The Morgan fingerprint density at radius 3 is 2.07 bits per heavy atom. The largest absolute Gasteiger partial charge is 0.334 e. The van der Waals surface area contributed by atoms with Gasteiger partial charge in [0.1, 0.15) is 0 Å². The third-order valence-electron chi connectivity index (χ3n) is 5.47. The van der Waals surface area contributed by atoms with Gasteiger partial charge >= 0.3 is 0 Å². The average molecular weight is 416 g/mol. The molecule has 0 bridgehead atoms. The van der Waals surface area contributed by atoms with E-state index in [9.17, 15) is 9.59 Å². The van der Waals surface area contributed by atoms with Crippen molar-refractivity contribution in [3.8, 4) is 0 Å². The zero-order chi connectivity index (χ0) is 22.5. The van der Waals surface area contributed by atoms with Crippen LogP contribution in [0.5, 0.6) is 0 Å². The highest BCUT2D eigenvalue weighted by molar-refractivity contribution is 5.91. The molecule has 0 aromatic heterocycles. The van der Waals surface area contributed by atoms with E-state index in [1.165, 1.54) is 0 Å². The van der Waals surface area contributed by atoms with Crippen LogP contribution in [0, 0.1) is 10.8 Å². The van der Waals surface area contributed by atoms with Crippen LogP contribution in [-0.4, -0.2) is 28.8 Å². The second-order valence-electron chi connectivity index (χ2n) is 11.3. The Labute approximate surface area is 182 Å². The highest BCUT2D eigenvalue weighted by Gasteiger charge is 2.32. The summed E-state index contributed by atoms with van der Waals surface area (Å²) in [5.41, 5.74) is 8.16. The van der Waals surface area contributed by atoms with Gasteiger partial charge in [-0.25, -0.2) is 0 Å². The Morgan fingerprint density at radius 2 is 1.53 bits per heavy atom. The van der Waals surface area contributed by atoms with Gasteiger partial charge in [-0.15, -0.1) is 0 Å². The molecule has 1 aliphatic rings. The van der Waals surface area contributed by atoms with Crippen LogP contribution in [-0.2, 0) is 16.1 Å². The quantitative estimate of drug-likeness (QED) is 0.679. The van der Waals surface area contributed by atoms with Gasteiger partial charge in [0.2, 0.25) is 11.8 Å². The van der Waals surface area contributed by atoms with Gasteiger partial charge in [-0.05, 0) is 41.4 Å². The highest BCUT2D eigenvalue weighted by Crippen LogP contribution is 2.28. The predicted octanol–water partition coefficient (Wildman–Crippen LogP) is 5.10. The maximum atomic E-state index is 13.2. The van der Waals surface area contributed by atoms with Crippen LogP contribution in [0.1, 0.15) is 85.6 Å². The van der Waals surface area contributed by atoms with E-state index in [2.05, 4.69) is 46.9 Å². The van der Waals surface area contributed by atoms with Crippen molar-refractivity contribution in [2.45, 2.75) is 98.7 Å². The number of rotatable bonds is 6. The smallest absolute Gasteiger partial charge is 0.224 e. The molecule has 0 heterocycles. The molecule has 0 saturated heterocycles. The molecule has 2 rings (SSSR count). The molecule has 0 spiro atoms. The zero-order valence-electron chi connectivity index (χ0n) is 19.8. The normalized spacial score (nSPS) is 20.0. The lowest BCUT2D eigenvalue weighted by molar-refractivity contribution is -0.137. The van der Waals surface area contributed by atoms with Crippen molar-refractivity contribution in [3.05, 3.63) is 29.8 Å². The van der Waals surface area contributed by atoms with E-state index in [0.717, 1.165) is 36.9 Å². The molecule has 1 aliphatic carbocycles. The highest BCUT2D eigenvalue weighted by atomic mass is 16.2. The van der Waals surface area contributed by atoms with E-state index >= 15 is 0 Å². The molecule has 2 amide bonds. The first-order valence-corrected chi connectivity index (χ1v) is 11.3. The molecule has 168 valence electrons. The second-order valence-corrected chi connectivity index (χ2v) is 11.3. The lowest BCUT2D eigenvalue weighted by Crippen LogP contribution is -2.52. The van der Waals surface area contributed by atoms with Gasteiger partial charge < -0.3 is 16.0 Å². The molecular weight excluding hydrogens is 374 g/mol. The third-order valence-corrected chi connectivity index (χ3v) is 5.47. The van der Waals surface area contributed by atoms with Crippen LogP contribution in [0.2, 0.25) is 0 Å². The minimum atomic E-state index is -0.0602. The van der Waals surface area contributed by atoms with Gasteiger partial charge in [-0.2, -0.15) is 0 Å². The fraction of sp³-hybridized carbons (Fsp3) is 0.680. The van der Waals surface area contributed by atoms with E-state index in [0.29, 0.717) is 19.4 Å². The van der Waals surface area contributed by atoms with Crippen molar-refractivity contribution >= 4 is 17.5 Å². The Kier molecular flexibility index (Phi) is 8.09.